The molecule has 1 aliphatic carbocycles. The molecule has 0 radical (unpaired) electrons. The van der Waals surface area contributed by atoms with Gasteiger partial charge in [0.25, 0.3) is 0 Å². The van der Waals surface area contributed by atoms with E-state index in [1.807, 2.05) is 53.3 Å². The summed E-state index contributed by atoms with van der Waals surface area (Å²) in [7, 11) is 1.77. The second-order valence-electron chi connectivity index (χ2n) is 12.3. The zero-order valence-corrected chi connectivity index (χ0v) is 31.4. The van der Waals surface area contributed by atoms with E-state index in [0.29, 0.717) is 90.8 Å². The second kappa shape index (κ2) is 18.5. The zero-order valence-electron chi connectivity index (χ0n) is 29.8. The molecule has 16 heteroatoms. The number of nitrogens with one attached hydrogen (secondary N) is 2. The minimum Gasteiger partial charge on any atom is -0.498 e. The Morgan fingerprint density at radius 2 is 2.09 bits per heavy atom. The van der Waals surface area contributed by atoms with Gasteiger partial charge in [-0.15, -0.1) is 21.5 Å². The Balaban J connectivity index is 1.18. The average molecular weight is 771 g/mol. The zero-order chi connectivity index (χ0) is 37.9. The van der Waals surface area contributed by atoms with Crippen LogP contribution in [0.25, 0.3) is 10.2 Å². The fourth-order valence-electron chi connectivity index (χ4n) is 5.51. The van der Waals surface area contributed by atoms with Crippen molar-refractivity contribution >= 4 is 60.8 Å². The van der Waals surface area contributed by atoms with Crippen molar-refractivity contribution in [3.05, 3.63) is 93.6 Å². The number of carboxylic acids is 1. The molecule has 1 aliphatic heterocycles. The Hall–Kier alpha value is -5.52. The number of para-hydroxylation sites is 1. The molecule has 6 rings (SSSR count). The molecule has 1 aromatic carbocycles. The second-order valence-corrected chi connectivity index (χ2v) is 14.4. The van der Waals surface area contributed by atoms with E-state index in [2.05, 4.69) is 54.1 Å². The van der Waals surface area contributed by atoms with Crippen LogP contribution < -0.4 is 15.5 Å². The Labute approximate surface area is 319 Å². The first-order chi connectivity index (χ1) is 26.3. The van der Waals surface area contributed by atoms with Crippen LogP contribution in [-0.2, 0) is 15.9 Å². The Kier molecular flexibility index (Phi) is 13.1. The lowest BCUT2D eigenvalue weighted by molar-refractivity contribution is 0.0690. The van der Waals surface area contributed by atoms with Gasteiger partial charge >= 0.3 is 5.97 Å². The number of aliphatic hydroxyl groups is 1. The molecule has 280 valence electrons. The monoisotopic (exact) mass is 770 g/mol. The number of anilines is 4. The Morgan fingerprint density at radius 3 is 2.85 bits per heavy atom. The van der Waals surface area contributed by atoms with Crippen molar-refractivity contribution in [3.8, 4) is 11.8 Å². The van der Waals surface area contributed by atoms with Crippen molar-refractivity contribution in [2.24, 2.45) is 0 Å². The van der Waals surface area contributed by atoms with Gasteiger partial charge in [0.1, 0.15) is 6.61 Å². The molecule has 0 saturated heterocycles. The molecule has 1 unspecified atom stereocenters. The predicted octanol–water partition coefficient (Wildman–Crippen LogP) is 5.98. The van der Waals surface area contributed by atoms with Crippen LogP contribution in [0.15, 0.2) is 77.5 Å². The van der Waals surface area contributed by atoms with E-state index >= 15 is 0 Å². The lowest BCUT2D eigenvalue weighted by Crippen LogP contribution is -2.33. The van der Waals surface area contributed by atoms with Gasteiger partial charge in [-0.2, -0.15) is 0 Å². The number of ether oxygens (including phenoxy) is 2. The summed E-state index contributed by atoms with van der Waals surface area (Å²) in [5, 5.41) is 37.2. The molecule has 0 amide bonds. The van der Waals surface area contributed by atoms with Crippen molar-refractivity contribution in [2.75, 3.05) is 56.7 Å². The number of aromatic carboxylic acids is 1. The molecule has 3 aromatic heterocycles. The van der Waals surface area contributed by atoms with Crippen LogP contribution >= 0.6 is 22.7 Å². The molecule has 0 saturated carbocycles. The third-order valence-electron chi connectivity index (χ3n) is 8.20. The number of aromatic nitrogens is 4. The molecule has 13 nitrogen and oxygen atoms in total. The maximum Gasteiger partial charge on any atom is 0.355 e. The maximum atomic E-state index is 14.6. The van der Waals surface area contributed by atoms with Gasteiger partial charge in [-0.25, -0.2) is 19.2 Å². The van der Waals surface area contributed by atoms with E-state index in [1.54, 1.807) is 13.3 Å². The number of aryl methyl sites for hydroxylation is 2. The minimum absolute atomic E-state index is 0.0754. The molecule has 0 fully saturated rings. The van der Waals surface area contributed by atoms with Gasteiger partial charge in [-0.3, -0.25) is 0 Å². The van der Waals surface area contributed by atoms with Gasteiger partial charge in [0.2, 0.25) is 5.76 Å². The lowest BCUT2D eigenvalue weighted by atomic mass is 10.1. The highest BCUT2D eigenvalue weighted by Gasteiger charge is 2.24. The molecular formula is C38H39FN8O5S2. The minimum atomic E-state index is -1.16. The van der Waals surface area contributed by atoms with Gasteiger partial charge in [-0.05, 0) is 74.9 Å². The average Bonchev–Trinajstić information content (AvgIpc) is 3.78. The number of hydrogen-bond acceptors (Lipinski definition) is 14. The van der Waals surface area contributed by atoms with Gasteiger partial charge in [-0.1, -0.05) is 35.3 Å². The number of allylic oxidation sites excluding steroid dienone is 3. The standard InChI is InChI=1S/C38H39FN8O5S2/c1-25-22-33(44-45-35(25)43-37-41-29-10-3-4-11-31(29)53-37)47(16-6-9-27(48)24-46-17-20-51-21-18-46)38-42-34(36(49)50)32(54-38)12-7-19-52-30-14-13-26(23-28(30)39)8-5-15-40-2/h3-4,10-11,17,20,22-23,27,40,48H,6-7,9,12,15-16,18-19,21,24H2,1-2H3,(H,49,50)(H,41,43,45). The summed E-state index contributed by atoms with van der Waals surface area (Å²) >= 11 is 2.75. The number of carbonyl (C=O) groups is 1. The molecule has 4 N–H and O–H groups in total. The SMILES string of the molecule is CNCC#CC1=C=C=C(OCCCc2sc(N(CCCC(O)CN3C=COCC3)c3cc(C)c(Nc4nc5ccccc5s4)nn3)nc2C(=O)O)C(F)=C1. The molecule has 4 heterocycles. The first kappa shape index (κ1) is 38.2. The van der Waals surface area contributed by atoms with Crippen molar-refractivity contribution in [3.63, 3.8) is 0 Å². The van der Waals surface area contributed by atoms with Crippen LogP contribution in [-0.4, -0.2) is 93.8 Å². The van der Waals surface area contributed by atoms with E-state index in [0.717, 1.165) is 15.8 Å². The van der Waals surface area contributed by atoms with E-state index in [1.165, 1.54) is 28.7 Å². The number of aliphatic hydroxyl groups excluding tert-OH is 1. The van der Waals surface area contributed by atoms with Crippen molar-refractivity contribution in [2.45, 2.75) is 38.7 Å². The first-order valence-electron chi connectivity index (χ1n) is 17.3. The van der Waals surface area contributed by atoms with E-state index in [-0.39, 0.29) is 18.1 Å². The number of carboxylic acid groups (broad SMARTS) is 1. The van der Waals surface area contributed by atoms with Crippen molar-refractivity contribution in [1.82, 2.24) is 30.4 Å². The lowest BCUT2D eigenvalue weighted by Gasteiger charge is -2.26. The topological polar surface area (TPSA) is 158 Å². The van der Waals surface area contributed by atoms with Gasteiger partial charge in [0.05, 0.1) is 47.9 Å². The summed E-state index contributed by atoms with van der Waals surface area (Å²) in [4.78, 5) is 25.9. The number of benzene rings is 1. The molecule has 0 spiro atoms. The summed E-state index contributed by atoms with van der Waals surface area (Å²) in [6.07, 6.45) is 5.87. The molecule has 54 heavy (non-hydrogen) atoms. The third kappa shape index (κ3) is 10.1. The summed E-state index contributed by atoms with van der Waals surface area (Å²) < 4.78 is 26.5. The van der Waals surface area contributed by atoms with E-state index in [4.69, 9.17) is 9.47 Å². The molecule has 2 aliphatic rings. The van der Waals surface area contributed by atoms with E-state index in [9.17, 15) is 19.4 Å². The highest BCUT2D eigenvalue weighted by atomic mass is 32.1. The van der Waals surface area contributed by atoms with Gasteiger partial charge < -0.3 is 40.1 Å². The number of fused-ring (bicyclic) bond motifs is 1. The number of hydrogen-bond donors (Lipinski definition) is 4. The predicted molar refractivity (Wildman–Crippen MR) is 207 cm³/mol. The Bertz CT molecular complexity index is 2180. The first-order valence-corrected chi connectivity index (χ1v) is 19.0. The van der Waals surface area contributed by atoms with Crippen LogP contribution in [0.2, 0.25) is 0 Å². The molecule has 4 aromatic rings. The van der Waals surface area contributed by atoms with Crippen molar-refractivity contribution in [1.29, 1.82) is 0 Å². The third-order valence-corrected chi connectivity index (χ3v) is 10.3. The number of β-amino-alcohol motifs (C(OH)–C–C–N with tert-alkyl or cyclic N) is 1. The smallest absolute Gasteiger partial charge is 0.355 e. The number of halogens is 1. The molecule has 1 atom stereocenters. The van der Waals surface area contributed by atoms with E-state index < -0.39 is 17.9 Å². The summed E-state index contributed by atoms with van der Waals surface area (Å²) in [5.41, 5.74) is 7.44. The number of thiazole rings is 2. The molecular weight excluding hydrogens is 732 g/mol. The highest BCUT2D eigenvalue weighted by Crippen LogP contribution is 2.34. The quantitative estimate of drug-likeness (QED) is 0.0566. The number of rotatable bonds is 17. The fraction of sp³-hybridized carbons (Fsp3) is 0.342. The normalized spacial score (nSPS) is 14.1. The van der Waals surface area contributed by atoms with Crippen LogP contribution in [0, 0.1) is 18.8 Å². The molecule has 0 bridgehead atoms. The van der Waals surface area contributed by atoms with Crippen LogP contribution in [0.4, 0.5) is 26.3 Å². The van der Waals surface area contributed by atoms with Crippen molar-refractivity contribution < 1.29 is 28.9 Å². The van der Waals surface area contributed by atoms with Crippen LogP contribution in [0.3, 0.4) is 0 Å². The summed E-state index contributed by atoms with van der Waals surface area (Å²) in [6, 6.07) is 9.73. The summed E-state index contributed by atoms with van der Waals surface area (Å²) in [5.74, 6) is 4.83. The maximum absolute atomic E-state index is 14.6. The largest absolute Gasteiger partial charge is 0.498 e. The Morgan fingerprint density at radius 1 is 1.22 bits per heavy atom. The van der Waals surface area contributed by atoms with Crippen LogP contribution in [0.1, 0.15) is 40.2 Å². The van der Waals surface area contributed by atoms with Crippen LogP contribution in [0.5, 0.6) is 0 Å². The fourth-order valence-corrected chi connectivity index (χ4v) is 7.51. The van der Waals surface area contributed by atoms with Gasteiger partial charge in [0, 0.05) is 30.2 Å². The van der Waals surface area contributed by atoms with Gasteiger partial charge in [0.15, 0.2) is 33.4 Å². The number of nitrogens with zero attached hydrogens (tertiary/aromatic N) is 6. The summed E-state index contributed by atoms with van der Waals surface area (Å²) in [6.45, 7) is 4.61. The highest BCUT2D eigenvalue weighted by molar-refractivity contribution is 7.22.